The van der Waals surface area contributed by atoms with E-state index in [1.807, 2.05) is 0 Å². The first-order valence-electron chi connectivity index (χ1n) is 7.96. The van der Waals surface area contributed by atoms with Gasteiger partial charge in [0.15, 0.2) is 0 Å². The van der Waals surface area contributed by atoms with Crippen molar-refractivity contribution in [3.8, 4) is 12.3 Å². The molecule has 10 nitrogen and oxygen atoms in total. The van der Waals surface area contributed by atoms with Gasteiger partial charge in [-0.3, -0.25) is 18.1 Å². The summed E-state index contributed by atoms with van der Waals surface area (Å²) in [5, 5.41) is 0. The zero-order chi connectivity index (χ0) is 19.8. The van der Waals surface area contributed by atoms with Crippen LogP contribution >= 0.6 is 15.6 Å². The van der Waals surface area contributed by atoms with E-state index in [1.165, 1.54) is 7.11 Å². The number of unbranched alkanes of at least 4 members (excludes halogenated alkanes) is 2. The highest BCUT2D eigenvalue weighted by atomic mass is 31.2. The lowest BCUT2D eigenvalue weighted by Gasteiger charge is -2.24. The Hall–Kier alpha value is -0.300. The summed E-state index contributed by atoms with van der Waals surface area (Å²) in [4.78, 5) is 19.2. The minimum atomic E-state index is -4.32. The van der Waals surface area contributed by atoms with Gasteiger partial charge in [0, 0.05) is 20.6 Å². The molecule has 0 aliphatic carbocycles. The fourth-order valence-electron chi connectivity index (χ4n) is 2.41. The number of hydrogen-bond acceptors (Lipinski definition) is 8. The van der Waals surface area contributed by atoms with Gasteiger partial charge in [-0.1, -0.05) is 0 Å². The topological polar surface area (TPSA) is 130 Å². The molecule has 3 unspecified atom stereocenters. The Morgan fingerprint density at radius 2 is 1.81 bits per heavy atom. The fourth-order valence-corrected chi connectivity index (χ4v) is 3.83. The SMILES string of the molecule is C#CCCCCOP(=O)(O)OC[C@H]1O[C@@H](C)[C@@H](OC)C1OP(=O)(O)OC. The van der Waals surface area contributed by atoms with E-state index in [1.54, 1.807) is 6.92 Å². The molecule has 2 N–H and O–H groups in total. The first-order valence-corrected chi connectivity index (χ1v) is 11.0. The van der Waals surface area contributed by atoms with Crippen LogP contribution in [0.3, 0.4) is 0 Å². The summed E-state index contributed by atoms with van der Waals surface area (Å²) in [6.45, 7) is 1.27. The average molecular weight is 416 g/mol. The van der Waals surface area contributed by atoms with Crippen molar-refractivity contribution >= 4 is 15.6 Å². The standard InChI is InChI=1S/C14H26O10P2/c1-5-6-7-8-9-21-26(17,18)22-10-12-14(24-25(15,16)20-4)13(19-3)11(2)23-12/h1,11-14H,6-10H2,2-4H3,(H,15,16)(H,17,18)/t11-,12+,13+,14?/m0/s1. The van der Waals surface area contributed by atoms with Crippen molar-refractivity contribution in [1.29, 1.82) is 0 Å². The van der Waals surface area contributed by atoms with Gasteiger partial charge in [0.1, 0.15) is 18.3 Å². The summed E-state index contributed by atoms with van der Waals surface area (Å²) in [6.07, 6.45) is 3.66. The van der Waals surface area contributed by atoms with Gasteiger partial charge < -0.3 is 19.3 Å². The van der Waals surface area contributed by atoms with Crippen LogP contribution in [0, 0.1) is 12.3 Å². The molecule has 1 rings (SSSR count). The van der Waals surface area contributed by atoms with Gasteiger partial charge in [0.05, 0.1) is 19.3 Å². The highest BCUT2D eigenvalue weighted by Gasteiger charge is 2.47. The number of hydrogen-bond donors (Lipinski definition) is 2. The second-order valence-electron chi connectivity index (χ2n) is 5.56. The Labute approximate surface area is 153 Å². The van der Waals surface area contributed by atoms with Crippen molar-refractivity contribution in [3.63, 3.8) is 0 Å². The molecule has 0 bridgehead atoms. The Bertz CT molecular complexity index is 562. The van der Waals surface area contributed by atoms with Crippen LogP contribution in [0.2, 0.25) is 0 Å². The highest BCUT2D eigenvalue weighted by Crippen LogP contribution is 2.48. The molecule has 26 heavy (non-hydrogen) atoms. The first-order chi connectivity index (χ1) is 12.2. The average Bonchev–Trinajstić information content (AvgIpc) is 2.87. The van der Waals surface area contributed by atoms with Crippen LogP contribution in [0.4, 0.5) is 0 Å². The normalized spacial score (nSPS) is 30.5. The zero-order valence-electron chi connectivity index (χ0n) is 15.0. The van der Waals surface area contributed by atoms with Crippen molar-refractivity contribution in [1.82, 2.24) is 0 Å². The number of rotatable bonds is 12. The molecule has 0 aromatic rings. The maximum absolute atomic E-state index is 11.9. The highest BCUT2D eigenvalue weighted by molar-refractivity contribution is 7.47. The summed E-state index contributed by atoms with van der Waals surface area (Å²) < 4.78 is 53.6. The predicted molar refractivity (Wildman–Crippen MR) is 91.3 cm³/mol. The van der Waals surface area contributed by atoms with E-state index >= 15 is 0 Å². The third-order valence-corrected chi connectivity index (χ3v) is 5.63. The number of terminal acetylenes is 1. The second-order valence-corrected chi connectivity index (χ2v) is 8.53. The van der Waals surface area contributed by atoms with E-state index in [4.69, 9.17) is 29.5 Å². The van der Waals surface area contributed by atoms with Crippen molar-refractivity contribution in [2.24, 2.45) is 0 Å². The molecular weight excluding hydrogens is 390 g/mol. The van der Waals surface area contributed by atoms with Gasteiger partial charge in [-0.25, -0.2) is 9.13 Å². The molecule has 1 heterocycles. The monoisotopic (exact) mass is 416 g/mol. The lowest BCUT2D eigenvalue weighted by molar-refractivity contribution is -0.0204. The quantitative estimate of drug-likeness (QED) is 0.276. The van der Waals surface area contributed by atoms with Crippen molar-refractivity contribution in [2.45, 2.75) is 50.6 Å². The summed E-state index contributed by atoms with van der Waals surface area (Å²) in [7, 11) is -6.24. The van der Waals surface area contributed by atoms with Crippen LogP contribution < -0.4 is 0 Å². The van der Waals surface area contributed by atoms with Crippen LogP contribution in [-0.4, -0.2) is 61.6 Å². The van der Waals surface area contributed by atoms with Crippen LogP contribution in [0.5, 0.6) is 0 Å². The second kappa shape index (κ2) is 10.9. The molecule has 6 atom stereocenters. The van der Waals surface area contributed by atoms with E-state index < -0.39 is 46.7 Å². The third kappa shape index (κ3) is 7.75. The Balaban J connectivity index is 2.60. The van der Waals surface area contributed by atoms with E-state index in [-0.39, 0.29) is 6.61 Å². The molecule has 1 saturated heterocycles. The van der Waals surface area contributed by atoms with E-state index in [2.05, 4.69) is 10.4 Å². The predicted octanol–water partition coefficient (Wildman–Crippen LogP) is 1.86. The molecule has 0 spiro atoms. The molecule has 1 aliphatic heterocycles. The molecule has 0 amide bonds. The number of methoxy groups -OCH3 is 1. The van der Waals surface area contributed by atoms with Gasteiger partial charge in [0.2, 0.25) is 0 Å². The van der Waals surface area contributed by atoms with Gasteiger partial charge in [0.25, 0.3) is 0 Å². The summed E-state index contributed by atoms with van der Waals surface area (Å²) in [5.41, 5.74) is 0. The maximum Gasteiger partial charge on any atom is 0.472 e. The molecule has 0 radical (unpaired) electrons. The first kappa shape index (κ1) is 23.7. The molecular formula is C14H26O10P2. The Morgan fingerprint density at radius 1 is 1.12 bits per heavy atom. The van der Waals surface area contributed by atoms with Crippen LogP contribution in [0.1, 0.15) is 26.2 Å². The third-order valence-electron chi connectivity index (χ3n) is 3.67. The van der Waals surface area contributed by atoms with Crippen molar-refractivity contribution < 1.29 is 46.5 Å². The van der Waals surface area contributed by atoms with E-state index in [0.717, 1.165) is 7.11 Å². The molecule has 0 saturated carbocycles. The fraction of sp³-hybridized carbons (Fsp3) is 0.857. The zero-order valence-corrected chi connectivity index (χ0v) is 16.8. The minimum absolute atomic E-state index is 0.00747. The lowest BCUT2D eigenvalue weighted by Crippen LogP contribution is -2.37. The number of ether oxygens (including phenoxy) is 2. The van der Waals surface area contributed by atoms with Crippen LogP contribution in [0.25, 0.3) is 0 Å². The smallest absolute Gasteiger partial charge is 0.376 e. The Kier molecular flexibility index (Phi) is 9.94. The lowest BCUT2D eigenvalue weighted by atomic mass is 10.1. The summed E-state index contributed by atoms with van der Waals surface area (Å²) in [5.74, 6) is 2.46. The molecule has 1 aliphatic rings. The summed E-state index contributed by atoms with van der Waals surface area (Å²) in [6, 6.07) is 0. The van der Waals surface area contributed by atoms with Crippen molar-refractivity contribution in [2.75, 3.05) is 27.4 Å². The van der Waals surface area contributed by atoms with E-state index in [9.17, 15) is 18.9 Å². The molecule has 1 fully saturated rings. The maximum atomic E-state index is 11.9. The summed E-state index contributed by atoms with van der Waals surface area (Å²) >= 11 is 0. The van der Waals surface area contributed by atoms with Gasteiger partial charge in [-0.2, -0.15) is 0 Å². The van der Waals surface area contributed by atoms with Gasteiger partial charge in [-0.15, -0.1) is 12.3 Å². The van der Waals surface area contributed by atoms with Crippen LogP contribution in [0.15, 0.2) is 0 Å². The number of phosphoric acid groups is 2. The van der Waals surface area contributed by atoms with Crippen LogP contribution in [-0.2, 0) is 36.7 Å². The minimum Gasteiger partial charge on any atom is -0.376 e. The molecule has 12 heteroatoms. The number of phosphoric ester groups is 2. The molecule has 152 valence electrons. The van der Waals surface area contributed by atoms with E-state index in [0.29, 0.717) is 19.3 Å². The van der Waals surface area contributed by atoms with Gasteiger partial charge in [-0.05, 0) is 19.8 Å². The Morgan fingerprint density at radius 3 is 2.38 bits per heavy atom. The largest absolute Gasteiger partial charge is 0.472 e. The molecule has 0 aromatic heterocycles. The van der Waals surface area contributed by atoms with Crippen molar-refractivity contribution in [3.05, 3.63) is 0 Å². The molecule has 0 aromatic carbocycles. The van der Waals surface area contributed by atoms with Gasteiger partial charge >= 0.3 is 15.6 Å².